The van der Waals surface area contributed by atoms with Crippen LogP contribution in [0.2, 0.25) is 0 Å². The largest absolute Gasteiger partial charge is 0.456 e. The Morgan fingerprint density at radius 3 is 2.45 bits per heavy atom. The van der Waals surface area contributed by atoms with Crippen molar-refractivity contribution in [2.24, 2.45) is 0 Å². The van der Waals surface area contributed by atoms with Crippen molar-refractivity contribution in [1.82, 2.24) is 0 Å². The van der Waals surface area contributed by atoms with Crippen LogP contribution in [0, 0.1) is 6.92 Å². The molecule has 3 aromatic rings. The van der Waals surface area contributed by atoms with E-state index in [2.05, 4.69) is 61.5 Å². The second-order valence-corrected chi connectivity index (χ2v) is 5.49. The van der Waals surface area contributed by atoms with Crippen molar-refractivity contribution < 1.29 is 4.42 Å². The summed E-state index contributed by atoms with van der Waals surface area (Å²) in [5, 5.41) is 0. The van der Waals surface area contributed by atoms with Crippen LogP contribution in [0.5, 0.6) is 0 Å². The molecule has 0 radical (unpaired) electrons. The molecule has 0 fully saturated rings. The summed E-state index contributed by atoms with van der Waals surface area (Å²) in [6.45, 7) is 2.10. The van der Waals surface area contributed by atoms with E-state index in [9.17, 15) is 0 Å². The average Bonchev–Trinajstić information content (AvgIpc) is 2.92. The maximum Gasteiger partial charge on any atom is 0.138 e. The Morgan fingerprint density at radius 2 is 1.60 bits per heavy atom. The van der Waals surface area contributed by atoms with Crippen molar-refractivity contribution in [2.75, 3.05) is 0 Å². The van der Waals surface area contributed by atoms with Gasteiger partial charge in [0.1, 0.15) is 11.5 Å². The fourth-order valence-corrected chi connectivity index (χ4v) is 2.93. The highest BCUT2D eigenvalue weighted by molar-refractivity contribution is 5.72. The predicted molar refractivity (Wildman–Crippen MR) is 81.7 cm³/mol. The van der Waals surface area contributed by atoms with Gasteiger partial charge in [0.25, 0.3) is 0 Å². The zero-order chi connectivity index (χ0) is 13.5. The van der Waals surface area contributed by atoms with Crippen LogP contribution in [0.1, 0.15) is 16.7 Å². The van der Waals surface area contributed by atoms with Crippen LogP contribution in [-0.4, -0.2) is 0 Å². The molecule has 0 unspecified atom stereocenters. The molecule has 1 nitrogen and oxygen atoms in total. The summed E-state index contributed by atoms with van der Waals surface area (Å²) in [6, 6.07) is 19.3. The van der Waals surface area contributed by atoms with Gasteiger partial charge in [-0.05, 0) is 37.0 Å². The van der Waals surface area contributed by atoms with E-state index in [1.54, 1.807) is 0 Å². The van der Waals surface area contributed by atoms with Gasteiger partial charge >= 0.3 is 0 Å². The van der Waals surface area contributed by atoms with Crippen LogP contribution in [0.4, 0.5) is 0 Å². The number of hydrogen-bond acceptors (Lipinski definition) is 1. The second kappa shape index (κ2) is 4.38. The quantitative estimate of drug-likeness (QED) is 0.598. The zero-order valence-electron chi connectivity index (χ0n) is 11.5. The Hall–Kier alpha value is -2.28. The van der Waals surface area contributed by atoms with Crippen molar-refractivity contribution in [3.8, 4) is 22.6 Å². The van der Waals surface area contributed by atoms with Gasteiger partial charge in [-0.1, -0.05) is 54.1 Å². The summed E-state index contributed by atoms with van der Waals surface area (Å²) in [7, 11) is 0. The Balaban J connectivity index is 1.84. The number of rotatable bonds is 1. The molecule has 0 saturated heterocycles. The third-order valence-electron chi connectivity index (χ3n) is 4.07. The SMILES string of the molecule is Cc1ccc(-c2cc3c(o2)-c2ccccc2CC3)cc1. The van der Waals surface area contributed by atoms with Crippen LogP contribution in [0.15, 0.2) is 59.0 Å². The third kappa shape index (κ3) is 1.78. The summed E-state index contributed by atoms with van der Waals surface area (Å²) in [5.74, 6) is 2.04. The number of fused-ring (bicyclic) bond motifs is 3. The maximum absolute atomic E-state index is 6.16. The van der Waals surface area contributed by atoms with Gasteiger partial charge in [-0.2, -0.15) is 0 Å². The highest BCUT2D eigenvalue weighted by Gasteiger charge is 2.20. The molecule has 0 atom stereocenters. The molecule has 2 aromatic carbocycles. The van der Waals surface area contributed by atoms with Gasteiger partial charge in [-0.15, -0.1) is 0 Å². The number of hydrogen-bond donors (Lipinski definition) is 0. The molecule has 20 heavy (non-hydrogen) atoms. The number of aryl methyl sites for hydroxylation is 3. The minimum atomic E-state index is 0.978. The van der Waals surface area contributed by atoms with E-state index >= 15 is 0 Å². The van der Waals surface area contributed by atoms with E-state index in [1.165, 1.54) is 22.3 Å². The molecule has 0 saturated carbocycles. The van der Waals surface area contributed by atoms with Crippen molar-refractivity contribution in [1.29, 1.82) is 0 Å². The Morgan fingerprint density at radius 1 is 0.850 bits per heavy atom. The Labute approximate surface area is 118 Å². The minimum absolute atomic E-state index is 0.978. The van der Waals surface area contributed by atoms with E-state index in [0.29, 0.717) is 0 Å². The molecule has 1 aliphatic rings. The van der Waals surface area contributed by atoms with Crippen molar-refractivity contribution in [3.63, 3.8) is 0 Å². The first-order valence-corrected chi connectivity index (χ1v) is 7.09. The summed E-state index contributed by atoms with van der Waals surface area (Å²) in [6.07, 6.45) is 2.18. The summed E-state index contributed by atoms with van der Waals surface area (Å²) >= 11 is 0. The molecule has 0 amide bonds. The molecule has 1 aromatic heterocycles. The predicted octanol–water partition coefficient (Wildman–Crippen LogP) is 5.02. The number of benzene rings is 2. The van der Waals surface area contributed by atoms with Crippen LogP contribution >= 0.6 is 0 Å². The van der Waals surface area contributed by atoms with Gasteiger partial charge in [0.2, 0.25) is 0 Å². The monoisotopic (exact) mass is 260 g/mol. The molecule has 1 heteroatoms. The van der Waals surface area contributed by atoms with E-state index < -0.39 is 0 Å². The smallest absolute Gasteiger partial charge is 0.138 e. The van der Waals surface area contributed by atoms with Crippen LogP contribution < -0.4 is 0 Å². The molecule has 4 rings (SSSR count). The molecule has 1 aliphatic carbocycles. The van der Waals surface area contributed by atoms with Gasteiger partial charge in [0.15, 0.2) is 0 Å². The van der Waals surface area contributed by atoms with Crippen molar-refractivity contribution in [2.45, 2.75) is 19.8 Å². The van der Waals surface area contributed by atoms with Gasteiger partial charge in [0.05, 0.1) is 0 Å². The van der Waals surface area contributed by atoms with Gasteiger partial charge in [-0.3, -0.25) is 0 Å². The molecular weight excluding hydrogens is 244 g/mol. The average molecular weight is 260 g/mol. The molecule has 0 aliphatic heterocycles. The highest BCUT2D eigenvalue weighted by Crippen LogP contribution is 2.38. The lowest BCUT2D eigenvalue weighted by Crippen LogP contribution is -2.00. The van der Waals surface area contributed by atoms with Gasteiger partial charge in [0, 0.05) is 11.1 Å². The molecular formula is C19H16O. The summed E-state index contributed by atoms with van der Waals surface area (Å²) < 4.78 is 6.16. The molecule has 1 heterocycles. The normalized spacial score (nSPS) is 12.8. The number of furan rings is 1. The molecule has 0 spiro atoms. The lowest BCUT2D eigenvalue weighted by molar-refractivity contribution is 0.590. The molecule has 98 valence electrons. The maximum atomic E-state index is 6.16. The first kappa shape index (κ1) is 11.5. The van der Waals surface area contributed by atoms with Gasteiger partial charge < -0.3 is 4.42 Å². The van der Waals surface area contributed by atoms with Crippen LogP contribution in [-0.2, 0) is 12.8 Å². The van der Waals surface area contributed by atoms with E-state index in [1.807, 2.05) is 0 Å². The fraction of sp³-hybridized carbons (Fsp3) is 0.158. The minimum Gasteiger partial charge on any atom is -0.456 e. The lowest BCUT2D eigenvalue weighted by atomic mass is 9.91. The standard InChI is InChI=1S/C19H16O/c1-13-6-8-15(9-7-13)18-12-16-11-10-14-4-2-3-5-17(14)19(16)20-18/h2-9,12H,10-11H2,1H3. The first-order chi connectivity index (χ1) is 9.81. The van der Waals surface area contributed by atoms with Crippen LogP contribution in [0.3, 0.4) is 0 Å². The highest BCUT2D eigenvalue weighted by atomic mass is 16.3. The topological polar surface area (TPSA) is 13.1 Å². The van der Waals surface area contributed by atoms with Crippen molar-refractivity contribution in [3.05, 3.63) is 71.3 Å². The fourth-order valence-electron chi connectivity index (χ4n) is 2.93. The zero-order valence-corrected chi connectivity index (χ0v) is 11.5. The third-order valence-corrected chi connectivity index (χ3v) is 4.07. The first-order valence-electron chi connectivity index (χ1n) is 7.09. The van der Waals surface area contributed by atoms with Crippen LogP contribution in [0.25, 0.3) is 22.6 Å². The van der Waals surface area contributed by atoms with E-state index in [0.717, 1.165) is 29.9 Å². The molecule has 0 bridgehead atoms. The lowest BCUT2D eigenvalue weighted by Gasteiger charge is -2.13. The molecule has 0 N–H and O–H groups in total. The summed E-state index contributed by atoms with van der Waals surface area (Å²) in [4.78, 5) is 0. The Bertz CT molecular complexity index is 763. The Kier molecular flexibility index (Phi) is 2.53. The van der Waals surface area contributed by atoms with Crippen molar-refractivity contribution >= 4 is 0 Å². The van der Waals surface area contributed by atoms with E-state index in [-0.39, 0.29) is 0 Å². The second-order valence-electron chi connectivity index (χ2n) is 5.49. The van der Waals surface area contributed by atoms with Gasteiger partial charge in [-0.25, -0.2) is 0 Å². The van der Waals surface area contributed by atoms with E-state index in [4.69, 9.17) is 4.42 Å². The summed E-state index contributed by atoms with van der Waals surface area (Å²) in [5.41, 5.74) is 6.41.